The van der Waals surface area contributed by atoms with Gasteiger partial charge in [-0.15, -0.1) is 0 Å². The van der Waals surface area contributed by atoms with Crippen molar-refractivity contribution in [3.63, 3.8) is 0 Å². The number of aromatic nitrogens is 1. The predicted molar refractivity (Wildman–Crippen MR) is 204 cm³/mol. The molecule has 0 N–H and O–H groups in total. The number of benzene rings is 6. The molecule has 230 valence electrons. The van der Waals surface area contributed by atoms with Gasteiger partial charge in [0.25, 0.3) is 0 Å². The topological polar surface area (TPSA) is 4.41 Å². The second kappa shape index (κ2) is 10.6. The summed E-state index contributed by atoms with van der Waals surface area (Å²) in [5.41, 5.74) is 20.7. The van der Waals surface area contributed by atoms with Gasteiger partial charge in [0.05, 0.1) is 16.6 Å². The Labute approximate surface area is 281 Å². The minimum Gasteiger partial charge on any atom is -0.308 e. The van der Waals surface area contributed by atoms with E-state index in [1.807, 2.05) is 0 Å². The van der Waals surface area contributed by atoms with Crippen molar-refractivity contribution in [3.8, 4) is 44.5 Å². The van der Waals surface area contributed by atoms with Crippen LogP contribution in [-0.2, 0) is 12.8 Å². The number of aryl methyl sites for hydroxylation is 1. The predicted octanol–water partition coefficient (Wildman–Crippen LogP) is 11.7. The van der Waals surface area contributed by atoms with Gasteiger partial charge >= 0.3 is 0 Å². The lowest BCUT2D eigenvalue weighted by Gasteiger charge is -2.30. The monoisotopic (exact) mass is 615 g/mol. The van der Waals surface area contributed by atoms with E-state index in [0.717, 1.165) is 25.7 Å². The van der Waals surface area contributed by atoms with E-state index in [2.05, 4.69) is 152 Å². The Bertz CT molecular complexity index is 2630. The SMILES string of the molecule is CCC1Cc2ccc(-c3ccccc3)cc2-c2cccc(-c3cccc(-c4cccc5c4c4c6c(c7ccccc7n65)CCC=4)c3C)c21. The zero-order chi connectivity index (χ0) is 31.9. The normalized spacial score (nSPS) is 15.1. The smallest absolute Gasteiger partial charge is 0.0577 e. The Morgan fingerprint density at radius 3 is 2.15 bits per heavy atom. The van der Waals surface area contributed by atoms with Crippen molar-refractivity contribution in [2.45, 2.75) is 45.4 Å². The molecule has 10 rings (SSSR count). The molecule has 2 heterocycles. The molecule has 1 heteroatoms. The maximum absolute atomic E-state index is 2.54. The second-order valence-electron chi connectivity index (χ2n) is 13.8. The van der Waals surface area contributed by atoms with E-state index >= 15 is 0 Å². The van der Waals surface area contributed by atoms with E-state index in [0.29, 0.717) is 5.92 Å². The number of hydrogen-bond acceptors (Lipinski definition) is 0. The van der Waals surface area contributed by atoms with Crippen LogP contribution in [0, 0.1) is 6.92 Å². The summed E-state index contributed by atoms with van der Waals surface area (Å²) in [6.07, 6.45) is 6.90. The van der Waals surface area contributed by atoms with Gasteiger partial charge in [-0.25, -0.2) is 0 Å². The molecule has 1 unspecified atom stereocenters. The zero-order valence-corrected chi connectivity index (χ0v) is 27.6. The van der Waals surface area contributed by atoms with E-state index < -0.39 is 0 Å². The Morgan fingerprint density at radius 1 is 0.625 bits per heavy atom. The van der Waals surface area contributed by atoms with Crippen LogP contribution < -0.4 is 5.22 Å². The van der Waals surface area contributed by atoms with Crippen molar-refractivity contribution in [2.75, 3.05) is 0 Å². The molecule has 0 saturated heterocycles. The van der Waals surface area contributed by atoms with Crippen LogP contribution in [0.4, 0.5) is 0 Å². The summed E-state index contributed by atoms with van der Waals surface area (Å²) >= 11 is 0. The number of para-hydroxylation sites is 1. The summed E-state index contributed by atoms with van der Waals surface area (Å²) in [5, 5.41) is 4.21. The van der Waals surface area contributed by atoms with Crippen molar-refractivity contribution in [1.82, 2.24) is 4.40 Å². The Hall–Kier alpha value is -5.40. The average Bonchev–Trinajstić information content (AvgIpc) is 3.67. The standard InChI is InChI=1S/C47H37N/c1-3-30-27-33-26-25-32(31-13-5-4-6-14-31)28-42(33)39-19-10-18-37(45(30)39)34-16-9-17-35(29(34)2)38-20-12-24-44-46(38)41-22-11-21-40-36-15-7-8-23-43(36)48(44)47(40)41/h4-10,12-20,22-26,28,30H,3,11,21,27H2,1-2H3. The highest BCUT2D eigenvalue weighted by Crippen LogP contribution is 2.48. The molecule has 2 aliphatic rings. The summed E-state index contributed by atoms with van der Waals surface area (Å²) in [7, 11) is 0. The second-order valence-corrected chi connectivity index (χ2v) is 13.8. The minimum atomic E-state index is 0.486. The fourth-order valence-electron chi connectivity index (χ4n) is 9.23. The van der Waals surface area contributed by atoms with E-state index in [-0.39, 0.29) is 0 Å². The quantitative estimate of drug-likeness (QED) is 0.186. The average molecular weight is 616 g/mol. The molecule has 0 fully saturated rings. The van der Waals surface area contributed by atoms with E-state index in [1.54, 1.807) is 0 Å². The molecule has 0 bridgehead atoms. The molecule has 2 aliphatic carbocycles. The lowest BCUT2D eigenvalue weighted by molar-refractivity contribution is 0.655. The van der Waals surface area contributed by atoms with Crippen LogP contribution >= 0.6 is 0 Å². The van der Waals surface area contributed by atoms with E-state index in [4.69, 9.17) is 0 Å². The highest BCUT2D eigenvalue weighted by atomic mass is 14.9. The van der Waals surface area contributed by atoms with Gasteiger partial charge in [-0.3, -0.25) is 0 Å². The van der Waals surface area contributed by atoms with Crippen molar-refractivity contribution in [1.29, 1.82) is 0 Å². The first kappa shape index (κ1) is 27.7. The van der Waals surface area contributed by atoms with Crippen molar-refractivity contribution >= 4 is 33.4 Å². The zero-order valence-electron chi connectivity index (χ0n) is 27.6. The number of rotatable bonds is 4. The van der Waals surface area contributed by atoms with Crippen LogP contribution in [0.5, 0.6) is 0 Å². The third kappa shape index (κ3) is 3.85. The number of fused-ring (bicyclic) bond motifs is 9. The van der Waals surface area contributed by atoms with Crippen LogP contribution in [-0.4, -0.2) is 4.40 Å². The Kier molecular flexibility index (Phi) is 6.09. The first-order chi connectivity index (χ1) is 23.7. The van der Waals surface area contributed by atoms with Gasteiger partial charge in [0, 0.05) is 16.0 Å². The highest BCUT2D eigenvalue weighted by molar-refractivity contribution is 6.08. The lowest BCUT2D eigenvalue weighted by Crippen LogP contribution is -2.12. The molecule has 1 atom stereocenters. The highest BCUT2D eigenvalue weighted by Gasteiger charge is 2.28. The maximum atomic E-state index is 2.54. The largest absolute Gasteiger partial charge is 0.308 e. The molecule has 0 aliphatic heterocycles. The van der Waals surface area contributed by atoms with Crippen molar-refractivity contribution < 1.29 is 0 Å². The summed E-state index contributed by atoms with van der Waals surface area (Å²) in [6, 6.07) is 47.8. The molecule has 6 aromatic carbocycles. The van der Waals surface area contributed by atoms with Crippen LogP contribution in [0.25, 0.3) is 77.9 Å². The van der Waals surface area contributed by atoms with Gasteiger partial charge in [0.2, 0.25) is 0 Å². The van der Waals surface area contributed by atoms with Crippen molar-refractivity contribution in [3.05, 3.63) is 155 Å². The lowest BCUT2D eigenvalue weighted by atomic mass is 9.73. The van der Waals surface area contributed by atoms with Crippen LogP contribution in [0.2, 0.25) is 0 Å². The van der Waals surface area contributed by atoms with Gasteiger partial charge < -0.3 is 4.40 Å². The summed E-state index contributed by atoms with van der Waals surface area (Å²) in [5.74, 6) is 0.486. The molecule has 1 nitrogen and oxygen atoms in total. The minimum absolute atomic E-state index is 0.486. The van der Waals surface area contributed by atoms with Gasteiger partial charge in [0.1, 0.15) is 0 Å². The first-order valence-electron chi connectivity index (χ1n) is 17.6. The molecular weight excluding hydrogens is 579 g/mol. The first-order valence-corrected chi connectivity index (χ1v) is 17.6. The van der Waals surface area contributed by atoms with Crippen molar-refractivity contribution in [2.24, 2.45) is 0 Å². The fraction of sp³-hybridized carbons (Fsp3) is 0.149. The molecule has 0 amide bonds. The van der Waals surface area contributed by atoms with E-state index in [9.17, 15) is 0 Å². The molecular formula is C47H37N. The van der Waals surface area contributed by atoms with Crippen LogP contribution in [0.15, 0.2) is 127 Å². The molecule has 0 radical (unpaired) electrons. The molecule has 8 aromatic rings. The third-order valence-corrected chi connectivity index (χ3v) is 11.4. The fourth-order valence-corrected chi connectivity index (χ4v) is 9.23. The summed E-state index contributed by atoms with van der Waals surface area (Å²) < 4.78 is 2.54. The van der Waals surface area contributed by atoms with Gasteiger partial charge in [-0.05, 0) is 123 Å². The van der Waals surface area contributed by atoms with E-state index in [1.165, 1.54) is 99.3 Å². The molecule has 48 heavy (non-hydrogen) atoms. The van der Waals surface area contributed by atoms with Gasteiger partial charge in [0.15, 0.2) is 0 Å². The number of nitrogens with zero attached hydrogens (tertiary/aromatic N) is 1. The van der Waals surface area contributed by atoms with Gasteiger partial charge in [-0.1, -0.05) is 122 Å². The van der Waals surface area contributed by atoms with Gasteiger partial charge in [-0.2, -0.15) is 0 Å². The van der Waals surface area contributed by atoms with Crippen LogP contribution in [0.3, 0.4) is 0 Å². The summed E-state index contributed by atoms with van der Waals surface area (Å²) in [4.78, 5) is 0. The van der Waals surface area contributed by atoms with Crippen LogP contribution in [0.1, 0.15) is 47.9 Å². The Balaban J connectivity index is 1.18. The molecule has 2 aromatic heterocycles. The Morgan fingerprint density at radius 2 is 1.31 bits per heavy atom. The third-order valence-electron chi connectivity index (χ3n) is 11.4. The molecule has 0 saturated carbocycles. The maximum Gasteiger partial charge on any atom is 0.0577 e. The summed E-state index contributed by atoms with van der Waals surface area (Å²) in [6.45, 7) is 4.70. The number of hydrogen-bond donors (Lipinski definition) is 0. The molecule has 0 spiro atoms.